The SMILES string of the molecule is Cc1c(-c2c3c(cc[n+]2C)c2ccc(CC(C)(C)C)c4c5ccccc5n3c24)cc(C2CCCCC2)c2ccccc12. The quantitative estimate of drug-likeness (QED) is 0.194. The minimum Gasteiger partial charge on any atom is -0.302 e. The molecule has 0 amide bonds. The maximum Gasteiger partial charge on any atom is 0.237 e. The number of rotatable bonds is 3. The highest BCUT2D eigenvalue weighted by Gasteiger charge is 2.29. The van der Waals surface area contributed by atoms with Crippen molar-refractivity contribution >= 4 is 48.9 Å². The number of nitrogens with zero attached hydrogens (tertiary/aromatic N) is 2. The Morgan fingerprint density at radius 3 is 2.21 bits per heavy atom. The number of aryl methyl sites for hydroxylation is 2. The van der Waals surface area contributed by atoms with Crippen molar-refractivity contribution in [1.82, 2.24) is 4.40 Å². The fraction of sp³-hybridized carbons (Fsp3) is 0.325. The predicted molar refractivity (Wildman–Crippen MR) is 179 cm³/mol. The van der Waals surface area contributed by atoms with Crippen LogP contribution in [0.5, 0.6) is 0 Å². The summed E-state index contributed by atoms with van der Waals surface area (Å²) in [4.78, 5) is 0. The molecule has 1 aliphatic rings. The minimum atomic E-state index is 0.216. The van der Waals surface area contributed by atoms with Crippen LogP contribution in [-0.4, -0.2) is 4.40 Å². The maximum atomic E-state index is 2.60. The van der Waals surface area contributed by atoms with E-state index in [1.807, 2.05) is 0 Å². The van der Waals surface area contributed by atoms with Crippen molar-refractivity contribution in [3.63, 3.8) is 0 Å². The molecule has 2 nitrogen and oxygen atoms in total. The summed E-state index contributed by atoms with van der Waals surface area (Å²) in [5.74, 6) is 0.640. The highest BCUT2D eigenvalue weighted by atomic mass is 15.0. The second-order valence-corrected chi connectivity index (χ2v) is 14.1. The summed E-state index contributed by atoms with van der Waals surface area (Å²) in [5.41, 5.74) is 11.3. The van der Waals surface area contributed by atoms with Crippen LogP contribution < -0.4 is 4.57 Å². The van der Waals surface area contributed by atoms with Gasteiger partial charge in [-0.2, -0.15) is 4.57 Å². The molecule has 1 saturated carbocycles. The summed E-state index contributed by atoms with van der Waals surface area (Å²) < 4.78 is 4.98. The number of hydrogen-bond donors (Lipinski definition) is 0. The Morgan fingerprint density at radius 2 is 1.45 bits per heavy atom. The molecule has 7 aromatic rings. The van der Waals surface area contributed by atoms with Crippen molar-refractivity contribution in [1.29, 1.82) is 0 Å². The van der Waals surface area contributed by atoms with Crippen LogP contribution in [0.15, 0.2) is 79.0 Å². The van der Waals surface area contributed by atoms with Gasteiger partial charge in [-0.15, -0.1) is 0 Å². The molecule has 0 saturated heterocycles. The Morgan fingerprint density at radius 1 is 0.762 bits per heavy atom. The van der Waals surface area contributed by atoms with Crippen LogP contribution in [0.1, 0.15) is 75.5 Å². The third-order valence-corrected chi connectivity index (χ3v) is 10.1. The number of pyridine rings is 1. The van der Waals surface area contributed by atoms with E-state index in [0.29, 0.717) is 5.92 Å². The Balaban J connectivity index is 1.52. The van der Waals surface area contributed by atoms with Crippen LogP contribution in [0.3, 0.4) is 0 Å². The second-order valence-electron chi connectivity index (χ2n) is 14.1. The predicted octanol–water partition coefficient (Wildman–Crippen LogP) is 10.4. The van der Waals surface area contributed by atoms with Crippen molar-refractivity contribution in [2.45, 2.75) is 72.1 Å². The summed E-state index contributed by atoms with van der Waals surface area (Å²) in [6, 6.07) is 28.0. The van der Waals surface area contributed by atoms with Crippen LogP contribution in [0.4, 0.5) is 0 Å². The second kappa shape index (κ2) is 9.30. The lowest BCUT2D eigenvalue weighted by atomic mass is 9.80. The average Bonchev–Trinajstić information content (AvgIpc) is 3.50. The van der Waals surface area contributed by atoms with Crippen molar-refractivity contribution in [3.8, 4) is 11.3 Å². The largest absolute Gasteiger partial charge is 0.302 e. The van der Waals surface area contributed by atoms with Gasteiger partial charge in [-0.1, -0.05) is 94.6 Å². The van der Waals surface area contributed by atoms with Crippen molar-refractivity contribution in [2.75, 3.05) is 0 Å². The Hall–Kier alpha value is -3.91. The highest BCUT2D eigenvalue weighted by Crippen LogP contribution is 2.46. The van der Waals surface area contributed by atoms with Crippen LogP contribution in [0.25, 0.3) is 60.1 Å². The molecule has 8 rings (SSSR count). The van der Waals surface area contributed by atoms with Gasteiger partial charge >= 0.3 is 0 Å². The summed E-state index contributed by atoms with van der Waals surface area (Å²) in [5, 5.41) is 8.36. The Bertz CT molecular complexity index is 2150. The van der Waals surface area contributed by atoms with Crippen molar-refractivity contribution in [2.24, 2.45) is 12.5 Å². The van der Waals surface area contributed by atoms with E-state index in [1.165, 1.54) is 103 Å². The molecular formula is C40H41N2+. The van der Waals surface area contributed by atoms with Crippen LogP contribution in [-0.2, 0) is 13.5 Å². The highest BCUT2D eigenvalue weighted by molar-refractivity contribution is 6.25. The third kappa shape index (κ3) is 3.73. The molecule has 42 heavy (non-hydrogen) atoms. The van der Waals surface area contributed by atoms with Gasteiger partial charge in [-0.05, 0) is 77.1 Å². The third-order valence-electron chi connectivity index (χ3n) is 10.1. The average molecular weight is 550 g/mol. The van der Waals surface area contributed by atoms with E-state index >= 15 is 0 Å². The van der Waals surface area contributed by atoms with Gasteiger partial charge in [-0.3, -0.25) is 0 Å². The van der Waals surface area contributed by atoms with Crippen LogP contribution in [0, 0.1) is 12.3 Å². The van der Waals surface area contributed by atoms with Gasteiger partial charge in [0.05, 0.1) is 16.6 Å². The molecule has 0 N–H and O–H groups in total. The fourth-order valence-corrected chi connectivity index (χ4v) is 8.28. The van der Waals surface area contributed by atoms with Crippen LogP contribution in [0.2, 0.25) is 0 Å². The number of benzene rings is 4. The topological polar surface area (TPSA) is 8.29 Å². The zero-order valence-electron chi connectivity index (χ0n) is 25.7. The summed E-state index contributed by atoms with van der Waals surface area (Å²) in [6.07, 6.45) is 10.0. The summed E-state index contributed by atoms with van der Waals surface area (Å²) in [7, 11) is 2.24. The summed E-state index contributed by atoms with van der Waals surface area (Å²) >= 11 is 0. The van der Waals surface area contributed by atoms with E-state index in [-0.39, 0.29) is 5.41 Å². The molecule has 0 spiro atoms. The fourth-order valence-electron chi connectivity index (χ4n) is 8.28. The minimum absolute atomic E-state index is 0.216. The van der Waals surface area contributed by atoms with E-state index in [9.17, 15) is 0 Å². The first-order valence-corrected chi connectivity index (χ1v) is 15.9. The van der Waals surface area contributed by atoms with E-state index in [0.717, 1.165) is 6.42 Å². The van der Waals surface area contributed by atoms with Gasteiger partial charge in [0.25, 0.3) is 0 Å². The first kappa shape index (κ1) is 25.8. The van der Waals surface area contributed by atoms with Crippen molar-refractivity contribution in [3.05, 3.63) is 95.7 Å². The van der Waals surface area contributed by atoms with Gasteiger partial charge in [0.2, 0.25) is 5.69 Å². The van der Waals surface area contributed by atoms with Gasteiger partial charge < -0.3 is 4.40 Å². The number of fused-ring (bicyclic) bond motifs is 7. The molecule has 0 bridgehead atoms. The molecule has 3 heterocycles. The molecule has 0 aliphatic heterocycles. The molecule has 4 aromatic carbocycles. The number of para-hydroxylation sites is 1. The monoisotopic (exact) mass is 549 g/mol. The molecular weight excluding hydrogens is 508 g/mol. The first-order valence-electron chi connectivity index (χ1n) is 15.9. The lowest BCUT2D eigenvalue weighted by Crippen LogP contribution is -2.31. The van der Waals surface area contributed by atoms with E-state index in [4.69, 9.17) is 0 Å². The molecule has 1 fully saturated rings. The maximum absolute atomic E-state index is 2.60. The lowest BCUT2D eigenvalue weighted by Gasteiger charge is -2.25. The zero-order chi connectivity index (χ0) is 28.7. The van der Waals surface area contributed by atoms with Gasteiger partial charge in [-0.25, -0.2) is 0 Å². The van der Waals surface area contributed by atoms with E-state index < -0.39 is 0 Å². The van der Waals surface area contributed by atoms with Crippen LogP contribution >= 0.6 is 0 Å². The summed E-state index contributed by atoms with van der Waals surface area (Å²) in [6.45, 7) is 9.40. The van der Waals surface area contributed by atoms with Gasteiger partial charge in [0, 0.05) is 27.6 Å². The molecule has 210 valence electrons. The van der Waals surface area contributed by atoms with E-state index in [1.54, 1.807) is 5.56 Å². The van der Waals surface area contributed by atoms with Crippen molar-refractivity contribution < 1.29 is 4.57 Å². The Kier molecular flexibility index (Phi) is 5.70. The Labute approximate surface area is 248 Å². The molecule has 3 aromatic heterocycles. The molecule has 2 heteroatoms. The standard InChI is InChI=1S/C40H41N2/c1-25-28-15-9-10-16-29(28)34(26-13-7-6-8-14-26)23-33(25)38-39-31(21-22-41(38)5)30-20-19-27(24-40(2,3)4)36-32-17-11-12-18-35(32)42(39)37(30)36/h9-12,15-23,26H,6-8,13-14,24H2,1-5H3/q+1. The first-order chi connectivity index (χ1) is 20.3. The molecule has 1 aliphatic carbocycles. The normalized spacial score (nSPS) is 15.3. The smallest absolute Gasteiger partial charge is 0.237 e. The number of hydrogen-bond acceptors (Lipinski definition) is 0. The molecule has 0 radical (unpaired) electrons. The molecule has 0 atom stereocenters. The van der Waals surface area contributed by atoms with Gasteiger partial charge in [0.1, 0.15) is 12.6 Å². The zero-order valence-corrected chi connectivity index (χ0v) is 25.7. The molecule has 0 unspecified atom stereocenters. The lowest BCUT2D eigenvalue weighted by molar-refractivity contribution is -0.659. The number of aromatic nitrogens is 2. The van der Waals surface area contributed by atoms with Gasteiger partial charge in [0.15, 0.2) is 6.20 Å². The van der Waals surface area contributed by atoms with E-state index in [2.05, 4.69) is 123 Å².